The quantitative estimate of drug-likeness (QED) is 0.787. The van der Waals surface area contributed by atoms with E-state index in [2.05, 4.69) is 15.3 Å². The minimum atomic E-state index is -0.432. The summed E-state index contributed by atoms with van der Waals surface area (Å²) in [4.78, 5) is 19.5. The molecule has 0 aliphatic heterocycles. The topological polar surface area (TPSA) is 93.0 Å². The summed E-state index contributed by atoms with van der Waals surface area (Å²) in [5.74, 6) is 1.49. The van der Waals surface area contributed by atoms with Gasteiger partial charge in [-0.2, -0.15) is 0 Å². The zero-order valence-electron chi connectivity index (χ0n) is 15.1. The lowest BCUT2D eigenvalue weighted by Gasteiger charge is -2.51. The van der Waals surface area contributed by atoms with Gasteiger partial charge in [-0.05, 0) is 62.3 Å². The molecule has 0 saturated heterocycles. The van der Waals surface area contributed by atoms with Crippen molar-refractivity contribution in [1.29, 1.82) is 0 Å². The third kappa shape index (κ3) is 2.35. The number of pyridine rings is 1. The van der Waals surface area contributed by atoms with E-state index >= 15 is 0 Å². The number of H-pyrrole nitrogens is 1. The second kappa shape index (κ2) is 5.71. The van der Waals surface area contributed by atoms with E-state index in [1.165, 1.54) is 25.7 Å². The average Bonchev–Trinajstić information content (AvgIpc) is 3.02. The van der Waals surface area contributed by atoms with Crippen molar-refractivity contribution in [2.45, 2.75) is 50.2 Å². The maximum Gasteiger partial charge on any atom is 0.252 e. The molecule has 6 nitrogen and oxygen atoms in total. The maximum atomic E-state index is 12.0. The van der Waals surface area contributed by atoms with Gasteiger partial charge in [0, 0.05) is 30.9 Å². The van der Waals surface area contributed by atoms with E-state index in [9.17, 15) is 4.79 Å². The number of carbonyl (C=O) groups is 1. The third-order valence-electron chi connectivity index (χ3n) is 7.12. The van der Waals surface area contributed by atoms with Crippen molar-refractivity contribution in [2.24, 2.45) is 23.5 Å². The van der Waals surface area contributed by atoms with E-state index in [4.69, 9.17) is 10.5 Å². The van der Waals surface area contributed by atoms with Crippen LogP contribution in [0.4, 0.5) is 5.69 Å². The van der Waals surface area contributed by atoms with E-state index in [-0.39, 0.29) is 5.60 Å². The first-order valence-corrected chi connectivity index (χ1v) is 9.66. The van der Waals surface area contributed by atoms with Gasteiger partial charge in [-0.3, -0.25) is 4.79 Å². The van der Waals surface area contributed by atoms with Crippen molar-refractivity contribution in [2.75, 3.05) is 12.4 Å². The second-order valence-corrected chi connectivity index (χ2v) is 8.52. The first-order valence-electron chi connectivity index (χ1n) is 9.66. The highest BCUT2D eigenvalue weighted by atomic mass is 16.5. The SMILES string of the molecule is CO[C@]12CC3CC[C@H](C1)[C@@H](Nc1c(C(N)=O)cnc4[nH]ccc14)[C@@H](C3)C2. The van der Waals surface area contributed by atoms with Crippen molar-refractivity contribution in [3.8, 4) is 0 Å². The van der Waals surface area contributed by atoms with Crippen LogP contribution in [-0.2, 0) is 4.74 Å². The Balaban J connectivity index is 1.54. The molecule has 4 aliphatic carbocycles. The number of ether oxygens (including phenoxy) is 1. The van der Waals surface area contributed by atoms with Gasteiger partial charge in [0.15, 0.2) is 0 Å². The van der Waals surface area contributed by atoms with Crippen LogP contribution in [0.5, 0.6) is 0 Å². The molecule has 4 saturated carbocycles. The molecule has 6 rings (SSSR count). The first-order chi connectivity index (χ1) is 12.6. The lowest BCUT2D eigenvalue weighted by Crippen LogP contribution is -2.53. The Kier molecular flexibility index (Phi) is 3.54. The molecular formula is C20H26N4O2. The summed E-state index contributed by atoms with van der Waals surface area (Å²) in [6.07, 6.45) is 10.7. The number of rotatable bonds is 4. The van der Waals surface area contributed by atoms with E-state index < -0.39 is 5.91 Å². The van der Waals surface area contributed by atoms with Gasteiger partial charge >= 0.3 is 0 Å². The van der Waals surface area contributed by atoms with Gasteiger partial charge in [-0.1, -0.05) is 0 Å². The van der Waals surface area contributed by atoms with Crippen molar-refractivity contribution in [3.05, 3.63) is 24.0 Å². The Labute approximate surface area is 152 Å². The molecule has 6 heteroatoms. The summed E-state index contributed by atoms with van der Waals surface area (Å²) in [6, 6.07) is 2.33. The number of anilines is 1. The normalized spacial score (nSPS) is 35.6. The molecule has 1 unspecified atom stereocenters. The van der Waals surface area contributed by atoms with Crippen LogP contribution < -0.4 is 11.1 Å². The standard InChI is InChI=1S/C20H26N4O2/c1-26-20-7-11-2-3-12(8-20)16(13(6-11)9-20)24-17-14-4-5-22-19(14)23-10-15(17)18(21)25/h4-5,10-13,16H,2-3,6-9H2,1H3,(H2,21,25)(H2,22,23,24)/t11?,12-,13+,16-,20-/m1/s1. The van der Waals surface area contributed by atoms with Crippen LogP contribution in [0.3, 0.4) is 0 Å². The first kappa shape index (κ1) is 16.1. The minimum absolute atomic E-state index is 0.0705. The predicted molar refractivity (Wildman–Crippen MR) is 99.9 cm³/mol. The summed E-state index contributed by atoms with van der Waals surface area (Å²) in [5, 5.41) is 4.71. The Morgan fingerprint density at radius 3 is 3.00 bits per heavy atom. The summed E-state index contributed by atoms with van der Waals surface area (Å²) in [7, 11) is 1.88. The lowest BCUT2D eigenvalue weighted by molar-refractivity contribution is -0.103. The van der Waals surface area contributed by atoms with Gasteiger partial charge in [-0.25, -0.2) is 4.98 Å². The third-order valence-corrected chi connectivity index (χ3v) is 7.12. The number of fused-ring (bicyclic) bond motifs is 2. The van der Waals surface area contributed by atoms with Crippen molar-refractivity contribution in [3.63, 3.8) is 0 Å². The number of aromatic amines is 1. The number of amides is 1. The molecule has 0 aromatic carbocycles. The zero-order chi connectivity index (χ0) is 17.9. The van der Waals surface area contributed by atoms with Gasteiger partial charge in [0.1, 0.15) is 5.65 Å². The zero-order valence-corrected chi connectivity index (χ0v) is 15.1. The fourth-order valence-corrected chi connectivity index (χ4v) is 6.07. The molecule has 0 radical (unpaired) electrons. The van der Waals surface area contributed by atoms with Gasteiger partial charge < -0.3 is 20.8 Å². The molecular weight excluding hydrogens is 328 g/mol. The second-order valence-electron chi connectivity index (χ2n) is 8.52. The molecule has 4 aliphatic rings. The molecule has 1 amide bonds. The van der Waals surface area contributed by atoms with Crippen LogP contribution in [0.15, 0.2) is 18.5 Å². The Morgan fingerprint density at radius 1 is 1.35 bits per heavy atom. The highest BCUT2D eigenvalue weighted by molar-refractivity contribution is 6.06. The highest BCUT2D eigenvalue weighted by Gasteiger charge is 2.53. The molecule has 4 bridgehead atoms. The average molecular weight is 354 g/mol. The van der Waals surface area contributed by atoms with Crippen molar-refractivity contribution >= 4 is 22.6 Å². The van der Waals surface area contributed by atoms with Gasteiger partial charge in [0.25, 0.3) is 5.91 Å². The van der Waals surface area contributed by atoms with Gasteiger partial charge in [-0.15, -0.1) is 0 Å². The summed E-state index contributed by atoms with van der Waals surface area (Å²) >= 11 is 0. The lowest BCUT2D eigenvalue weighted by atomic mass is 9.62. The van der Waals surface area contributed by atoms with E-state index in [1.54, 1.807) is 6.20 Å². The van der Waals surface area contributed by atoms with Crippen molar-refractivity contribution < 1.29 is 9.53 Å². The molecule has 2 heterocycles. The number of nitrogens with zero attached hydrogens (tertiary/aromatic N) is 1. The number of carbonyl (C=O) groups excluding carboxylic acids is 1. The monoisotopic (exact) mass is 354 g/mol. The Hall–Kier alpha value is -2.08. The minimum Gasteiger partial charge on any atom is -0.380 e. The largest absolute Gasteiger partial charge is 0.380 e. The number of hydrogen-bond acceptors (Lipinski definition) is 4. The molecule has 0 spiro atoms. The van der Waals surface area contributed by atoms with E-state index in [1.807, 2.05) is 19.4 Å². The van der Waals surface area contributed by atoms with Gasteiger partial charge in [0.05, 0.1) is 16.9 Å². The highest BCUT2D eigenvalue weighted by Crippen LogP contribution is 2.55. The van der Waals surface area contributed by atoms with E-state index in [0.29, 0.717) is 23.4 Å². The predicted octanol–water partition coefficient (Wildman–Crippen LogP) is 3.06. The molecule has 4 fully saturated rings. The van der Waals surface area contributed by atoms with Crippen LogP contribution in [0.2, 0.25) is 0 Å². The van der Waals surface area contributed by atoms with Crippen LogP contribution in [-0.4, -0.2) is 34.6 Å². The molecule has 5 atom stereocenters. The molecule has 2 aromatic heterocycles. The number of hydrogen-bond donors (Lipinski definition) is 3. The number of nitrogens with two attached hydrogens (primary N) is 1. The Morgan fingerprint density at radius 2 is 2.19 bits per heavy atom. The van der Waals surface area contributed by atoms with Crippen LogP contribution in [0.1, 0.15) is 48.9 Å². The number of nitrogens with one attached hydrogen (secondary N) is 2. The fourth-order valence-electron chi connectivity index (χ4n) is 6.07. The summed E-state index contributed by atoms with van der Waals surface area (Å²) in [6.45, 7) is 0. The van der Waals surface area contributed by atoms with Crippen LogP contribution in [0.25, 0.3) is 11.0 Å². The number of aromatic nitrogens is 2. The smallest absolute Gasteiger partial charge is 0.252 e. The summed E-state index contributed by atoms with van der Waals surface area (Å²) in [5.41, 5.74) is 7.82. The fraction of sp³-hybridized carbons (Fsp3) is 0.600. The maximum absolute atomic E-state index is 12.0. The van der Waals surface area contributed by atoms with E-state index in [0.717, 1.165) is 35.5 Å². The molecule has 138 valence electrons. The number of methoxy groups -OCH3 is 1. The van der Waals surface area contributed by atoms with Gasteiger partial charge in [0.2, 0.25) is 0 Å². The summed E-state index contributed by atoms with van der Waals surface area (Å²) < 4.78 is 6.03. The molecule has 26 heavy (non-hydrogen) atoms. The molecule has 2 aromatic rings. The van der Waals surface area contributed by atoms with Crippen LogP contribution in [0, 0.1) is 17.8 Å². The van der Waals surface area contributed by atoms with Crippen molar-refractivity contribution in [1.82, 2.24) is 9.97 Å². The Bertz CT molecular complexity index is 861. The number of primary amides is 1. The molecule has 4 N–H and O–H groups in total. The van der Waals surface area contributed by atoms with Crippen LogP contribution >= 0.6 is 0 Å².